The minimum atomic E-state index is -4.61. The van der Waals surface area contributed by atoms with Crippen LogP contribution in [-0.2, 0) is 10.9 Å². The fourth-order valence-corrected chi connectivity index (χ4v) is 4.46. The van der Waals surface area contributed by atoms with Crippen LogP contribution < -0.4 is 11.1 Å². The van der Waals surface area contributed by atoms with Gasteiger partial charge in [-0.25, -0.2) is 19.3 Å². The number of nitrogens with one attached hydrogen (secondary N) is 1. The Labute approximate surface area is 198 Å². The van der Waals surface area contributed by atoms with Crippen molar-refractivity contribution in [3.05, 3.63) is 24.0 Å². The first-order chi connectivity index (χ1) is 15.9. The van der Waals surface area contributed by atoms with Gasteiger partial charge in [-0.15, -0.1) is 5.10 Å². The van der Waals surface area contributed by atoms with E-state index < -0.39 is 23.2 Å². The number of anilines is 2. The normalized spacial score (nSPS) is 15.6. The highest BCUT2D eigenvalue weighted by molar-refractivity contribution is 7.20. The predicted octanol–water partition coefficient (Wildman–Crippen LogP) is 4.51. The quantitative estimate of drug-likeness (QED) is 0.546. The summed E-state index contributed by atoms with van der Waals surface area (Å²) in [5, 5.41) is 8.37. The number of halogens is 3. The highest BCUT2D eigenvalue weighted by Gasteiger charge is 2.34. The molecule has 0 bridgehead atoms. The van der Waals surface area contributed by atoms with Crippen LogP contribution in [-0.4, -0.2) is 55.8 Å². The number of aromatic nitrogens is 4. The van der Waals surface area contributed by atoms with Crippen molar-refractivity contribution in [3.8, 4) is 11.3 Å². The van der Waals surface area contributed by atoms with Crippen LogP contribution in [0.15, 0.2) is 18.5 Å². The third-order valence-electron chi connectivity index (χ3n) is 5.41. The molecule has 0 aromatic carbocycles. The van der Waals surface area contributed by atoms with Gasteiger partial charge in [-0.2, -0.15) is 13.2 Å². The number of amides is 1. The summed E-state index contributed by atoms with van der Waals surface area (Å²) in [5.74, 6) is -0.222. The Kier molecular flexibility index (Phi) is 6.32. The van der Waals surface area contributed by atoms with Crippen LogP contribution in [0.3, 0.4) is 0 Å². The highest BCUT2D eigenvalue weighted by atomic mass is 32.1. The van der Waals surface area contributed by atoms with E-state index in [9.17, 15) is 18.0 Å². The number of fused-ring (bicyclic) bond motifs is 1. The maximum absolute atomic E-state index is 13.2. The molecule has 3 N–H and O–H groups in total. The second kappa shape index (κ2) is 8.93. The molecule has 9 nitrogen and oxygen atoms in total. The molecule has 1 saturated heterocycles. The first kappa shape index (κ1) is 24.0. The smallest absolute Gasteiger partial charge is 0.419 e. The van der Waals surface area contributed by atoms with E-state index >= 15 is 0 Å². The molecule has 0 unspecified atom stereocenters. The van der Waals surface area contributed by atoms with Crippen LogP contribution in [0.2, 0.25) is 0 Å². The Morgan fingerprint density at radius 3 is 2.59 bits per heavy atom. The van der Waals surface area contributed by atoms with E-state index in [0.717, 1.165) is 18.9 Å². The van der Waals surface area contributed by atoms with E-state index in [1.54, 1.807) is 4.90 Å². The third-order valence-corrected chi connectivity index (χ3v) is 6.29. The largest absolute Gasteiger partial charge is 0.444 e. The number of alkyl halides is 3. The molecule has 1 aliphatic rings. The van der Waals surface area contributed by atoms with Crippen LogP contribution in [0, 0.1) is 5.92 Å². The zero-order valence-electron chi connectivity index (χ0n) is 19.0. The molecule has 3 aromatic heterocycles. The van der Waals surface area contributed by atoms with Gasteiger partial charge in [0.05, 0.1) is 17.5 Å². The SMILES string of the molecule is CC(C)(C)OC(=O)N1CCC(CNc2nn3c(-c4cnc(N)c(C(F)(F)F)c4)cnc3s2)CC1. The number of pyridine rings is 1. The Balaban J connectivity index is 1.39. The van der Waals surface area contributed by atoms with Crippen molar-refractivity contribution in [2.75, 3.05) is 30.7 Å². The molecule has 4 rings (SSSR count). The van der Waals surface area contributed by atoms with Gasteiger partial charge >= 0.3 is 12.3 Å². The highest BCUT2D eigenvalue weighted by Crippen LogP contribution is 2.35. The van der Waals surface area contributed by atoms with Gasteiger partial charge < -0.3 is 20.7 Å². The average molecular weight is 498 g/mol. The summed E-state index contributed by atoms with van der Waals surface area (Å²) in [7, 11) is 0. The van der Waals surface area contributed by atoms with Crippen LogP contribution in [0.25, 0.3) is 16.2 Å². The number of piperidine rings is 1. The van der Waals surface area contributed by atoms with Gasteiger partial charge in [0.25, 0.3) is 0 Å². The summed E-state index contributed by atoms with van der Waals surface area (Å²) in [6, 6.07) is 0.955. The van der Waals surface area contributed by atoms with E-state index in [1.807, 2.05) is 20.8 Å². The molecule has 13 heteroatoms. The van der Waals surface area contributed by atoms with Crippen LogP contribution in [0.4, 0.5) is 28.9 Å². The molecule has 0 radical (unpaired) electrons. The first-order valence-corrected chi connectivity index (χ1v) is 11.6. The van der Waals surface area contributed by atoms with Crippen molar-refractivity contribution in [1.29, 1.82) is 0 Å². The second-order valence-electron chi connectivity index (χ2n) is 9.19. The summed E-state index contributed by atoms with van der Waals surface area (Å²) < 4.78 is 46.6. The van der Waals surface area contributed by atoms with Gasteiger partial charge in [0, 0.05) is 31.4 Å². The van der Waals surface area contributed by atoms with Gasteiger partial charge in [0.1, 0.15) is 11.4 Å². The lowest BCUT2D eigenvalue weighted by Gasteiger charge is -2.33. The molecule has 0 saturated carbocycles. The lowest BCUT2D eigenvalue weighted by molar-refractivity contribution is -0.137. The maximum Gasteiger partial charge on any atom is 0.419 e. The predicted molar refractivity (Wildman–Crippen MR) is 123 cm³/mol. The minimum absolute atomic E-state index is 0.223. The van der Waals surface area contributed by atoms with E-state index in [2.05, 4.69) is 20.4 Å². The maximum atomic E-state index is 13.2. The lowest BCUT2D eigenvalue weighted by Crippen LogP contribution is -2.42. The fraction of sp³-hybridized carbons (Fsp3) is 0.524. The number of hydrogen-bond donors (Lipinski definition) is 2. The molecule has 0 atom stereocenters. The zero-order valence-corrected chi connectivity index (χ0v) is 19.8. The minimum Gasteiger partial charge on any atom is -0.444 e. The number of imidazole rings is 1. The van der Waals surface area contributed by atoms with Gasteiger partial charge in [-0.3, -0.25) is 0 Å². The second-order valence-corrected chi connectivity index (χ2v) is 10.1. The van der Waals surface area contributed by atoms with Crippen LogP contribution in [0.5, 0.6) is 0 Å². The molecule has 1 aliphatic heterocycles. The van der Waals surface area contributed by atoms with Crippen molar-refractivity contribution in [2.24, 2.45) is 5.92 Å². The number of nitrogens with two attached hydrogens (primary N) is 1. The van der Waals surface area contributed by atoms with Gasteiger partial charge in [0.2, 0.25) is 10.1 Å². The topological polar surface area (TPSA) is 111 Å². The third kappa shape index (κ3) is 5.34. The summed E-state index contributed by atoms with van der Waals surface area (Å²) in [4.78, 5) is 22.4. The molecule has 34 heavy (non-hydrogen) atoms. The zero-order chi connectivity index (χ0) is 24.7. The van der Waals surface area contributed by atoms with Gasteiger partial charge in [-0.1, -0.05) is 11.3 Å². The Hall–Kier alpha value is -3.09. The lowest BCUT2D eigenvalue weighted by atomic mass is 9.97. The fourth-order valence-electron chi connectivity index (χ4n) is 3.68. The summed E-state index contributed by atoms with van der Waals surface area (Å²) in [6.07, 6.45) is -0.501. The standard InChI is InChI=1S/C21H26F3N7O2S/c1-20(2,3)33-19(32)30-6-4-12(5-7-30)9-27-17-29-31-15(11-28-18(31)34-17)13-8-14(21(22,23)24)16(25)26-10-13/h8,10-12H,4-7,9H2,1-3H3,(H2,25,26)(H,27,29). The van der Waals surface area contributed by atoms with E-state index in [-0.39, 0.29) is 11.7 Å². The number of carbonyl (C=O) groups excluding carboxylic acids is 1. The van der Waals surface area contributed by atoms with Gasteiger partial charge in [-0.05, 0) is 45.6 Å². The summed E-state index contributed by atoms with van der Waals surface area (Å²) in [5.41, 5.74) is 4.50. The van der Waals surface area contributed by atoms with Crippen LogP contribution >= 0.6 is 11.3 Å². The van der Waals surface area contributed by atoms with Crippen molar-refractivity contribution >= 4 is 33.3 Å². The number of likely N-dealkylation sites (tertiary alicyclic amines) is 1. The molecule has 0 spiro atoms. The van der Waals surface area contributed by atoms with E-state index in [4.69, 9.17) is 10.5 Å². The number of hydrogen-bond acceptors (Lipinski definition) is 8. The molecule has 4 heterocycles. The Morgan fingerprint density at radius 1 is 1.24 bits per heavy atom. The van der Waals surface area contributed by atoms with Crippen molar-refractivity contribution in [1.82, 2.24) is 24.5 Å². The molecule has 1 fully saturated rings. The van der Waals surface area contributed by atoms with Crippen LogP contribution in [0.1, 0.15) is 39.2 Å². The van der Waals surface area contributed by atoms with Crippen molar-refractivity contribution in [2.45, 2.75) is 45.4 Å². The molecule has 184 valence electrons. The molecular weight excluding hydrogens is 471 g/mol. The molecular formula is C21H26F3N7O2S. The number of nitrogen functional groups attached to an aromatic ring is 1. The summed E-state index contributed by atoms with van der Waals surface area (Å²) in [6.45, 7) is 7.44. The number of rotatable bonds is 4. The van der Waals surface area contributed by atoms with E-state index in [0.29, 0.717) is 41.3 Å². The van der Waals surface area contributed by atoms with Crippen molar-refractivity contribution < 1.29 is 22.7 Å². The average Bonchev–Trinajstić information content (AvgIpc) is 3.31. The Morgan fingerprint density at radius 2 is 1.94 bits per heavy atom. The summed E-state index contributed by atoms with van der Waals surface area (Å²) >= 11 is 1.30. The molecule has 0 aliphatic carbocycles. The van der Waals surface area contributed by atoms with Crippen molar-refractivity contribution in [3.63, 3.8) is 0 Å². The molecule has 3 aromatic rings. The number of ether oxygens (including phenoxy) is 1. The monoisotopic (exact) mass is 497 g/mol. The van der Waals surface area contributed by atoms with E-state index in [1.165, 1.54) is 28.2 Å². The molecule has 1 amide bonds. The number of carbonyl (C=O) groups is 1. The number of nitrogens with zero attached hydrogens (tertiary/aromatic N) is 5. The van der Waals surface area contributed by atoms with Gasteiger partial charge in [0.15, 0.2) is 0 Å². The Bertz CT molecular complexity index is 1180. The first-order valence-electron chi connectivity index (χ1n) is 10.8.